The summed E-state index contributed by atoms with van der Waals surface area (Å²) < 4.78 is 0. The van der Waals surface area contributed by atoms with Crippen LogP contribution in [0.2, 0.25) is 15.1 Å². The highest BCUT2D eigenvalue weighted by Crippen LogP contribution is 2.26. The molecule has 4 nitrogen and oxygen atoms in total. The van der Waals surface area contributed by atoms with Gasteiger partial charge in [0.05, 0.1) is 5.02 Å². The number of phenolic OH excluding ortho intramolecular Hbond substituents is 1. The first-order valence-electron chi connectivity index (χ1n) is 8.04. The molecule has 0 unspecified atom stereocenters. The molecule has 27 heavy (non-hydrogen) atoms. The summed E-state index contributed by atoms with van der Waals surface area (Å²) in [6, 6.07) is 13.2. The highest BCUT2D eigenvalue weighted by Gasteiger charge is 2.18. The van der Waals surface area contributed by atoms with Crippen LogP contribution in [-0.2, 0) is 13.1 Å². The Kier molecular flexibility index (Phi) is 6.22. The van der Waals surface area contributed by atoms with E-state index in [0.717, 1.165) is 11.1 Å². The first-order valence-corrected chi connectivity index (χ1v) is 9.17. The Morgan fingerprint density at radius 1 is 0.963 bits per heavy atom. The molecule has 7 heteroatoms. The number of benzene rings is 2. The van der Waals surface area contributed by atoms with Gasteiger partial charge in [-0.15, -0.1) is 0 Å². The number of aromatic hydroxyl groups is 1. The van der Waals surface area contributed by atoms with Gasteiger partial charge in [-0.1, -0.05) is 40.9 Å². The number of carbonyl (C=O) groups excluding carboxylic acids is 1. The molecular formula is C20H15Cl3N2O2. The number of aromatic nitrogens is 1. The number of pyridine rings is 1. The van der Waals surface area contributed by atoms with Crippen LogP contribution in [0.15, 0.2) is 60.9 Å². The number of amides is 1. The minimum absolute atomic E-state index is 0.0753. The highest BCUT2D eigenvalue weighted by molar-refractivity contribution is 6.34. The maximum absolute atomic E-state index is 13.1. The third-order valence-corrected chi connectivity index (χ3v) is 4.61. The third-order valence-electron chi connectivity index (χ3n) is 3.87. The van der Waals surface area contributed by atoms with E-state index in [9.17, 15) is 9.90 Å². The molecule has 0 spiro atoms. The molecule has 3 aromatic rings. The second kappa shape index (κ2) is 8.61. The normalized spacial score (nSPS) is 10.6. The molecule has 1 heterocycles. The monoisotopic (exact) mass is 420 g/mol. The number of carbonyl (C=O) groups is 1. The Bertz CT molecular complexity index is 944. The molecule has 0 fully saturated rings. The van der Waals surface area contributed by atoms with Gasteiger partial charge in [0, 0.05) is 41.1 Å². The number of rotatable bonds is 5. The summed E-state index contributed by atoms with van der Waals surface area (Å²) in [5, 5.41) is 10.7. The molecule has 0 bridgehead atoms. The Morgan fingerprint density at radius 2 is 1.67 bits per heavy atom. The first-order chi connectivity index (χ1) is 12.9. The predicted molar refractivity (Wildman–Crippen MR) is 107 cm³/mol. The van der Waals surface area contributed by atoms with Gasteiger partial charge in [0.1, 0.15) is 5.75 Å². The van der Waals surface area contributed by atoms with Gasteiger partial charge in [-0.25, -0.2) is 0 Å². The Balaban J connectivity index is 1.93. The Labute approximate surface area is 171 Å². The topological polar surface area (TPSA) is 53.4 Å². The fourth-order valence-corrected chi connectivity index (χ4v) is 3.41. The molecular weight excluding hydrogens is 407 g/mol. The van der Waals surface area contributed by atoms with Gasteiger partial charge in [0.25, 0.3) is 5.91 Å². The second-order valence-corrected chi connectivity index (χ2v) is 7.25. The lowest BCUT2D eigenvalue weighted by Gasteiger charge is -2.23. The van der Waals surface area contributed by atoms with Gasteiger partial charge >= 0.3 is 0 Å². The van der Waals surface area contributed by atoms with Crippen molar-refractivity contribution in [1.82, 2.24) is 9.88 Å². The number of halogens is 3. The van der Waals surface area contributed by atoms with E-state index < -0.39 is 0 Å². The van der Waals surface area contributed by atoms with Crippen LogP contribution in [0.25, 0.3) is 0 Å². The maximum Gasteiger partial charge on any atom is 0.254 e. The minimum Gasteiger partial charge on any atom is -0.506 e. The summed E-state index contributed by atoms with van der Waals surface area (Å²) in [5.74, 6) is -0.314. The van der Waals surface area contributed by atoms with Gasteiger partial charge in [-0.05, 0) is 53.6 Å². The lowest BCUT2D eigenvalue weighted by molar-refractivity contribution is 0.0730. The van der Waals surface area contributed by atoms with Crippen molar-refractivity contribution in [3.8, 4) is 5.75 Å². The van der Waals surface area contributed by atoms with Gasteiger partial charge in [-0.3, -0.25) is 9.78 Å². The molecule has 0 atom stereocenters. The van der Waals surface area contributed by atoms with E-state index in [1.807, 2.05) is 12.1 Å². The van der Waals surface area contributed by atoms with Crippen LogP contribution in [0.4, 0.5) is 0 Å². The van der Waals surface area contributed by atoms with Crippen LogP contribution in [0.5, 0.6) is 5.75 Å². The van der Waals surface area contributed by atoms with E-state index in [0.29, 0.717) is 28.7 Å². The van der Waals surface area contributed by atoms with E-state index in [2.05, 4.69) is 4.98 Å². The molecule has 1 N–H and O–H groups in total. The molecule has 0 saturated heterocycles. The van der Waals surface area contributed by atoms with Crippen LogP contribution >= 0.6 is 34.8 Å². The van der Waals surface area contributed by atoms with Crippen molar-refractivity contribution in [2.45, 2.75) is 13.1 Å². The standard InChI is InChI=1S/C20H15Cl3N2O2/c21-16-6-14(7-17(22)9-16)12-25(11-13-2-1-5-24-10-13)20(27)15-3-4-19(26)18(23)8-15/h1-10,26H,11-12H2. The largest absolute Gasteiger partial charge is 0.506 e. The lowest BCUT2D eigenvalue weighted by atomic mass is 10.1. The van der Waals surface area contributed by atoms with Crippen molar-refractivity contribution in [2.24, 2.45) is 0 Å². The van der Waals surface area contributed by atoms with E-state index in [1.54, 1.807) is 35.5 Å². The van der Waals surface area contributed by atoms with E-state index >= 15 is 0 Å². The van der Waals surface area contributed by atoms with Gasteiger partial charge in [-0.2, -0.15) is 0 Å². The fraction of sp³-hybridized carbons (Fsp3) is 0.100. The van der Waals surface area contributed by atoms with Gasteiger partial charge in [0.2, 0.25) is 0 Å². The summed E-state index contributed by atoms with van der Waals surface area (Å²) in [6.07, 6.45) is 3.38. The molecule has 0 aliphatic rings. The number of nitrogens with zero attached hydrogens (tertiary/aromatic N) is 2. The van der Waals surface area contributed by atoms with Crippen molar-refractivity contribution in [3.63, 3.8) is 0 Å². The van der Waals surface area contributed by atoms with Crippen molar-refractivity contribution in [1.29, 1.82) is 0 Å². The molecule has 0 saturated carbocycles. The zero-order chi connectivity index (χ0) is 19.4. The van der Waals surface area contributed by atoms with Crippen molar-refractivity contribution < 1.29 is 9.90 Å². The van der Waals surface area contributed by atoms with Crippen LogP contribution < -0.4 is 0 Å². The summed E-state index contributed by atoms with van der Waals surface area (Å²) in [6.45, 7) is 0.641. The summed E-state index contributed by atoms with van der Waals surface area (Å²) in [7, 11) is 0. The van der Waals surface area contributed by atoms with E-state index in [-0.39, 0.29) is 16.7 Å². The average Bonchev–Trinajstić information content (AvgIpc) is 2.63. The molecule has 3 rings (SSSR count). The fourth-order valence-electron chi connectivity index (χ4n) is 2.66. The van der Waals surface area contributed by atoms with Crippen molar-refractivity contribution in [2.75, 3.05) is 0 Å². The Hall–Kier alpha value is -2.27. The van der Waals surface area contributed by atoms with Crippen LogP contribution in [0.3, 0.4) is 0 Å². The minimum atomic E-state index is -0.239. The number of hydrogen-bond acceptors (Lipinski definition) is 3. The third kappa shape index (κ3) is 5.13. The lowest BCUT2D eigenvalue weighted by Crippen LogP contribution is -2.30. The molecule has 0 radical (unpaired) electrons. The van der Waals surface area contributed by atoms with Crippen LogP contribution in [0.1, 0.15) is 21.5 Å². The molecule has 0 aliphatic carbocycles. The summed E-state index contributed by atoms with van der Waals surface area (Å²) >= 11 is 18.1. The average molecular weight is 422 g/mol. The second-order valence-electron chi connectivity index (χ2n) is 5.97. The summed E-state index contributed by atoms with van der Waals surface area (Å²) in [4.78, 5) is 18.8. The molecule has 1 amide bonds. The van der Waals surface area contributed by atoms with Crippen LogP contribution in [0, 0.1) is 0 Å². The number of phenols is 1. The molecule has 1 aromatic heterocycles. The smallest absolute Gasteiger partial charge is 0.254 e. The molecule has 138 valence electrons. The molecule has 0 aliphatic heterocycles. The zero-order valence-electron chi connectivity index (χ0n) is 14.1. The SMILES string of the molecule is O=C(c1ccc(O)c(Cl)c1)N(Cc1cccnc1)Cc1cc(Cl)cc(Cl)c1. The summed E-state index contributed by atoms with van der Waals surface area (Å²) in [5.41, 5.74) is 2.05. The van der Waals surface area contributed by atoms with Crippen molar-refractivity contribution >= 4 is 40.7 Å². The van der Waals surface area contributed by atoms with Crippen LogP contribution in [-0.4, -0.2) is 20.9 Å². The predicted octanol–water partition coefficient (Wildman–Crippen LogP) is 5.59. The van der Waals surface area contributed by atoms with Crippen molar-refractivity contribution in [3.05, 3.63) is 92.7 Å². The first kappa shape index (κ1) is 19.5. The van der Waals surface area contributed by atoms with Gasteiger partial charge in [0.15, 0.2) is 0 Å². The highest BCUT2D eigenvalue weighted by atomic mass is 35.5. The van der Waals surface area contributed by atoms with E-state index in [1.165, 1.54) is 18.2 Å². The van der Waals surface area contributed by atoms with Gasteiger partial charge < -0.3 is 10.0 Å². The van der Waals surface area contributed by atoms with E-state index in [4.69, 9.17) is 34.8 Å². The molecule has 2 aromatic carbocycles. The maximum atomic E-state index is 13.1. The zero-order valence-corrected chi connectivity index (χ0v) is 16.3. The number of hydrogen-bond donors (Lipinski definition) is 1. The quantitative estimate of drug-likeness (QED) is 0.584. The Morgan fingerprint density at radius 3 is 2.30 bits per heavy atom.